The van der Waals surface area contributed by atoms with Crippen LogP contribution in [0.1, 0.15) is 38.3 Å². The van der Waals surface area contributed by atoms with Crippen molar-refractivity contribution >= 4 is 22.6 Å². The lowest BCUT2D eigenvalue weighted by molar-refractivity contribution is -0.140. The van der Waals surface area contributed by atoms with E-state index in [9.17, 15) is 14.0 Å². The molecular formula is C26H29FN2O2. The van der Waals surface area contributed by atoms with Crippen LogP contribution in [0.2, 0.25) is 0 Å². The molecule has 0 spiro atoms. The molecule has 0 radical (unpaired) electrons. The molecule has 3 rings (SSSR count). The van der Waals surface area contributed by atoms with E-state index in [0.717, 1.165) is 16.3 Å². The lowest BCUT2D eigenvalue weighted by Gasteiger charge is -2.29. The van der Waals surface area contributed by atoms with Crippen molar-refractivity contribution in [2.75, 3.05) is 0 Å². The summed E-state index contributed by atoms with van der Waals surface area (Å²) in [5.41, 5.74) is 1.47. The molecule has 0 aliphatic heterocycles. The van der Waals surface area contributed by atoms with E-state index in [0.29, 0.717) is 12.0 Å². The first kappa shape index (κ1) is 22.5. The molecule has 162 valence electrons. The Kier molecular flexibility index (Phi) is 7.40. The topological polar surface area (TPSA) is 49.4 Å². The molecule has 1 atom stereocenters. The van der Waals surface area contributed by atoms with Crippen molar-refractivity contribution < 1.29 is 14.0 Å². The summed E-state index contributed by atoms with van der Waals surface area (Å²) >= 11 is 0. The summed E-state index contributed by atoms with van der Waals surface area (Å²) in [4.78, 5) is 27.3. The Morgan fingerprint density at radius 1 is 0.903 bits per heavy atom. The fourth-order valence-corrected chi connectivity index (χ4v) is 3.69. The average Bonchev–Trinajstić information content (AvgIpc) is 2.76. The predicted octanol–water partition coefficient (Wildman–Crippen LogP) is 4.85. The third-order valence-corrected chi connectivity index (χ3v) is 5.38. The average molecular weight is 421 g/mol. The molecule has 3 aromatic carbocycles. The Bertz CT molecular complexity index is 1060. The van der Waals surface area contributed by atoms with Gasteiger partial charge < -0.3 is 10.2 Å². The van der Waals surface area contributed by atoms with Crippen LogP contribution in [0.5, 0.6) is 0 Å². The molecule has 0 bridgehead atoms. The minimum atomic E-state index is -0.706. The maximum Gasteiger partial charge on any atom is 0.242 e. The molecule has 0 fully saturated rings. The van der Waals surface area contributed by atoms with Gasteiger partial charge in [0.1, 0.15) is 11.9 Å². The first-order chi connectivity index (χ1) is 14.9. The number of rotatable bonds is 8. The number of benzene rings is 3. The first-order valence-electron chi connectivity index (χ1n) is 10.7. The second-order valence-corrected chi connectivity index (χ2v) is 8.09. The summed E-state index contributed by atoms with van der Waals surface area (Å²) in [6, 6.07) is 19.7. The van der Waals surface area contributed by atoms with E-state index in [-0.39, 0.29) is 36.6 Å². The van der Waals surface area contributed by atoms with Crippen LogP contribution in [0.15, 0.2) is 66.7 Å². The van der Waals surface area contributed by atoms with Crippen LogP contribution in [0, 0.1) is 5.82 Å². The Hall–Kier alpha value is -3.21. The standard InChI is InChI=1S/C26H29FN2O2/c1-18(2)28-26(31)19(3)29(17-22-10-5-7-14-24(22)27)25(30)16-15-21-12-8-11-20-9-4-6-13-23(20)21/h4-14,18-19H,15-17H2,1-3H3,(H,28,31)/t19-/m0/s1. The highest BCUT2D eigenvalue weighted by Gasteiger charge is 2.27. The molecular weight excluding hydrogens is 391 g/mol. The zero-order chi connectivity index (χ0) is 22.4. The largest absolute Gasteiger partial charge is 0.352 e. The maximum absolute atomic E-state index is 14.3. The summed E-state index contributed by atoms with van der Waals surface area (Å²) in [5.74, 6) is -0.807. The summed E-state index contributed by atoms with van der Waals surface area (Å²) in [5, 5.41) is 5.09. The van der Waals surface area contributed by atoms with Crippen LogP contribution in [0.4, 0.5) is 4.39 Å². The number of nitrogens with one attached hydrogen (secondary N) is 1. The lowest BCUT2D eigenvalue weighted by Crippen LogP contribution is -2.49. The van der Waals surface area contributed by atoms with Crippen molar-refractivity contribution in [2.45, 2.75) is 52.2 Å². The smallest absolute Gasteiger partial charge is 0.242 e. The number of carbonyl (C=O) groups is 2. The molecule has 0 unspecified atom stereocenters. The number of aryl methyl sites for hydroxylation is 1. The molecule has 3 aromatic rings. The van der Waals surface area contributed by atoms with Gasteiger partial charge in [-0.15, -0.1) is 0 Å². The quantitative estimate of drug-likeness (QED) is 0.566. The minimum Gasteiger partial charge on any atom is -0.352 e. The van der Waals surface area contributed by atoms with Crippen molar-refractivity contribution in [2.24, 2.45) is 0 Å². The summed E-state index contributed by atoms with van der Waals surface area (Å²) in [6.07, 6.45) is 0.786. The van der Waals surface area contributed by atoms with Gasteiger partial charge in [0.15, 0.2) is 0 Å². The zero-order valence-corrected chi connectivity index (χ0v) is 18.3. The fraction of sp³-hybridized carbons (Fsp3) is 0.308. The van der Waals surface area contributed by atoms with E-state index in [1.165, 1.54) is 11.0 Å². The Morgan fingerprint density at radius 2 is 1.55 bits per heavy atom. The molecule has 5 heteroatoms. The van der Waals surface area contributed by atoms with Crippen LogP contribution in [0.25, 0.3) is 10.8 Å². The molecule has 4 nitrogen and oxygen atoms in total. The third kappa shape index (κ3) is 5.69. The number of nitrogens with zero attached hydrogens (tertiary/aromatic N) is 1. The molecule has 0 aliphatic rings. The molecule has 2 amide bonds. The van der Waals surface area contributed by atoms with Gasteiger partial charge >= 0.3 is 0 Å². The van der Waals surface area contributed by atoms with E-state index in [1.807, 2.05) is 56.3 Å². The fourth-order valence-electron chi connectivity index (χ4n) is 3.69. The SMILES string of the molecule is CC(C)NC(=O)[C@H](C)N(Cc1ccccc1F)C(=O)CCc1cccc2ccccc12. The predicted molar refractivity (Wildman–Crippen MR) is 122 cm³/mol. The summed E-state index contributed by atoms with van der Waals surface area (Å²) in [6.45, 7) is 5.48. The second-order valence-electron chi connectivity index (χ2n) is 8.09. The lowest BCUT2D eigenvalue weighted by atomic mass is 10.0. The highest BCUT2D eigenvalue weighted by Crippen LogP contribution is 2.21. The Balaban J connectivity index is 1.81. The van der Waals surface area contributed by atoms with Crippen LogP contribution >= 0.6 is 0 Å². The highest BCUT2D eigenvalue weighted by molar-refractivity contribution is 5.89. The van der Waals surface area contributed by atoms with Crippen molar-refractivity contribution in [3.8, 4) is 0 Å². The van der Waals surface area contributed by atoms with Gasteiger partial charge in [-0.05, 0) is 49.6 Å². The van der Waals surface area contributed by atoms with E-state index >= 15 is 0 Å². The number of hydrogen-bond donors (Lipinski definition) is 1. The Labute approximate surface area is 183 Å². The molecule has 0 saturated carbocycles. The van der Waals surface area contributed by atoms with Gasteiger partial charge in [-0.25, -0.2) is 4.39 Å². The van der Waals surface area contributed by atoms with E-state index in [4.69, 9.17) is 0 Å². The van der Waals surface area contributed by atoms with E-state index < -0.39 is 6.04 Å². The van der Waals surface area contributed by atoms with Crippen molar-refractivity contribution in [1.82, 2.24) is 10.2 Å². The normalized spacial score (nSPS) is 12.0. The van der Waals surface area contributed by atoms with Crippen LogP contribution in [-0.4, -0.2) is 28.8 Å². The number of fused-ring (bicyclic) bond motifs is 1. The number of carbonyl (C=O) groups excluding carboxylic acids is 2. The van der Waals surface area contributed by atoms with E-state index in [1.54, 1.807) is 25.1 Å². The maximum atomic E-state index is 14.3. The van der Waals surface area contributed by atoms with Crippen molar-refractivity contribution in [1.29, 1.82) is 0 Å². The molecule has 0 aromatic heterocycles. The van der Waals surface area contributed by atoms with Crippen molar-refractivity contribution in [3.63, 3.8) is 0 Å². The number of hydrogen-bond acceptors (Lipinski definition) is 2. The molecule has 0 heterocycles. The van der Waals surface area contributed by atoms with Gasteiger partial charge in [-0.2, -0.15) is 0 Å². The first-order valence-corrected chi connectivity index (χ1v) is 10.7. The Morgan fingerprint density at radius 3 is 2.29 bits per heavy atom. The monoisotopic (exact) mass is 420 g/mol. The number of amides is 2. The van der Waals surface area contributed by atoms with Crippen LogP contribution < -0.4 is 5.32 Å². The van der Waals surface area contributed by atoms with Gasteiger partial charge in [-0.3, -0.25) is 9.59 Å². The highest BCUT2D eigenvalue weighted by atomic mass is 19.1. The molecule has 0 aliphatic carbocycles. The summed E-state index contributed by atoms with van der Waals surface area (Å²) < 4.78 is 14.3. The zero-order valence-electron chi connectivity index (χ0n) is 18.3. The van der Waals surface area contributed by atoms with Gasteiger partial charge in [0.2, 0.25) is 11.8 Å². The molecule has 31 heavy (non-hydrogen) atoms. The third-order valence-electron chi connectivity index (χ3n) is 5.38. The molecule has 1 N–H and O–H groups in total. The summed E-state index contributed by atoms with van der Waals surface area (Å²) in [7, 11) is 0. The van der Waals surface area contributed by atoms with E-state index in [2.05, 4.69) is 5.32 Å². The van der Waals surface area contributed by atoms with Gasteiger partial charge in [0.05, 0.1) is 0 Å². The van der Waals surface area contributed by atoms with Gasteiger partial charge in [0, 0.05) is 24.6 Å². The number of halogens is 1. The van der Waals surface area contributed by atoms with Crippen LogP contribution in [-0.2, 0) is 22.6 Å². The van der Waals surface area contributed by atoms with Crippen LogP contribution in [0.3, 0.4) is 0 Å². The molecule has 0 saturated heterocycles. The minimum absolute atomic E-state index is 0.0453. The van der Waals surface area contributed by atoms with Crippen molar-refractivity contribution in [3.05, 3.63) is 83.7 Å². The van der Waals surface area contributed by atoms with Gasteiger partial charge in [0.25, 0.3) is 0 Å². The van der Waals surface area contributed by atoms with Gasteiger partial charge in [-0.1, -0.05) is 60.7 Å². The second kappa shape index (κ2) is 10.2.